The molecule has 1 N–H and O–H groups in total. The predicted octanol–water partition coefficient (Wildman–Crippen LogP) is 3.45. The normalized spacial score (nSPS) is 29.3. The third-order valence-electron chi connectivity index (χ3n) is 3.64. The van der Waals surface area contributed by atoms with E-state index in [0.717, 1.165) is 12.8 Å². The van der Waals surface area contributed by atoms with Crippen LogP contribution in [-0.4, -0.2) is 10.7 Å². The molecule has 1 aromatic carbocycles. The average Bonchev–Trinajstić information content (AvgIpc) is 2.23. The van der Waals surface area contributed by atoms with Gasteiger partial charge in [-0.25, -0.2) is 8.78 Å². The molecule has 0 aliphatic heterocycles. The fourth-order valence-electron chi connectivity index (χ4n) is 2.82. The summed E-state index contributed by atoms with van der Waals surface area (Å²) in [5.74, 6) is -0.697. The number of benzene rings is 1. The number of aliphatic hydroxyl groups is 1. The molecular formula is C14H18F2O. The van der Waals surface area contributed by atoms with Gasteiger partial charge >= 0.3 is 0 Å². The first-order valence-electron chi connectivity index (χ1n) is 6.15. The van der Waals surface area contributed by atoms with Gasteiger partial charge in [-0.05, 0) is 30.9 Å². The van der Waals surface area contributed by atoms with Gasteiger partial charge in [0.15, 0.2) is 0 Å². The zero-order chi connectivity index (χ0) is 12.5. The fraction of sp³-hybridized carbons (Fsp3) is 0.571. The standard InChI is InChI=1S/C14H18F2O/c1-10-4-3-7-14(17,8-10)9-11-12(15)5-2-6-13(11)16/h2,5-6,10,17H,3-4,7-9H2,1H3. The first-order chi connectivity index (χ1) is 8.00. The van der Waals surface area contributed by atoms with Crippen LogP contribution in [0.4, 0.5) is 8.78 Å². The van der Waals surface area contributed by atoms with E-state index >= 15 is 0 Å². The molecule has 1 saturated carbocycles. The molecule has 1 aliphatic rings. The van der Waals surface area contributed by atoms with Crippen LogP contribution in [0.2, 0.25) is 0 Å². The second kappa shape index (κ2) is 4.73. The molecular weight excluding hydrogens is 222 g/mol. The first kappa shape index (κ1) is 12.5. The van der Waals surface area contributed by atoms with Crippen LogP contribution in [0.1, 0.15) is 38.2 Å². The molecule has 94 valence electrons. The highest BCUT2D eigenvalue weighted by atomic mass is 19.1. The van der Waals surface area contributed by atoms with E-state index in [9.17, 15) is 13.9 Å². The highest BCUT2D eigenvalue weighted by Gasteiger charge is 2.34. The molecule has 2 rings (SSSR count). The molecule has 0 aromatic heterocycles. The molecule has 2 unspecified atom stereocenters. The Hall–Kier alpha value is -0.960. The van der Waals surface area contributed by atoms with Crippen molar-refractivity contribution in [3.63, 3.8) is 0 Å². The van der Waals surface area contributed by atoms with Crippen LogP contribution in [0, 0.1) is 17.6 Å². The molecule has 1 fully saturated rings. The van der Waals surface area contributed by atoms with E-state index in [-0.39, 0.29) is 12.0 Å². The zero-order valence-electron chi connectivity index (χ0n) is 10.0. The lowest BCUT2D eigenvalue weighted by atomic mass is 9.76. The molecule has 1 aromatic rings. The molecule has 0 amide bonds. The van der Waals surface area contributed by atoms with Crippen molar-refractivity contribution < 1.29 is 13.9 Å². The van der Waals surface area contributed by atoms with Gasteiger partial charge in [0.2, 0.25) is 0 Å². The first-order valence-corrected chi connectivity index (χ1v) is 6.15. The van der Waals surface area contributed by atoms with Gasteiger partial charge < -0.3 is 5.11 Å². The lowest BCUT2D eigenvalue weighted by molar-refractivity contribution is -0.0136. The number of rotatable bonds is 2. The van der Waals surface area contributed by atoms with Gasteiger partial charge in [0, 0.05) is 12.0 Å². The summed E-state index contributed by atoms with van der Waals surface area (Å²) in [4.78, 5) is 0. The van der Waals surface area contributed by atoms with E-state index in [1.807, 2.05) is 0 Å². The van der Waals surface area contributed by atoms with Crippen molar-refractivity contribution in [2.45, 2.75) is 44.6 Å². The summed E-state index contributed by atoms with van der Waals surface area (Å²) in [6.07, 6.45) is 3.34. The van der Waals surface area contributed by atoms with Crippen molar-refractivity contribution in [2.75, 3.05) is 0 Å². The molecule has 3 heteroatoms. The van der Waals surface area contributed by atoms with Gasteiger partial charge in [-0.15, -0.1) is 0 Å². The van der Waals surface area contributed by atoms with Gasteiger partial charge in [-0.2, -0.15) is 0 Å². The molecule has 0 spiro atoms. The largest absolute Gasteiger partial charge is 0.390 e. The van der Waals surface area contributed by atoms with Gasteiger partial charge in [0.25, 0.3) is 0 Å². The average molecular weight is 240 g/mol. The Morgan fingerprint density at radius 3 is 2.59 bits per heavy atom. The minimum absolute atomic E-state index is 0.0177. The highest BCUT2D eigenvalue weighted by molar-refractivity contribution is 5.21. The maximum atomic E-state index is 13.5. The molecule has 0 radical (unpaired) electrons. The van der Waals surface area contributed by atoms with E-state index < -0.39 is 17.2 Å². The number of hydrogen-bond acceptors (Lipinski definition) is 1. The Morgan fingerprint density at radius 2 is 2.00 bits per heavy atom. The summed E-state index contributed by atoms with van der Waals surface area (Å²) < 4.78 is 27.0. The molecule has 2 atom stereocenters. The summed E-state index contributed by atoms with van der Waals surface area (Å²) in [5.41, 5.74) is -0.926. The second-order valence-corrected chi connectivity index (χ2v) is 5.30. The minimum Gasteiger partial charge on any atom is -0.390 e. The van der Waals surface area contributed by atoms with Crippen LogP contribution in [0.15, 0.2) is 18.2 Å². The summed E-state index contributed by atoms with van der Waals surface area (Å²) in [5, 5.41) is 10.4. The van der Waals surface area contributed by atoms with Crippen LogP contribution in [0.5, 0.6) is 0 Å². The number of hydrogen-bond donors (Lipinski definition) is 1. The van der Waals surface area contributed by atoms with E-state index in [0.29, 0.717) is 18.8 Å². The van der Waals surface area contributed by atoms with Crippen molar-refractivity contribution in [2.24, 2.45) is 5.92 Å². The van der Waals surface area contributed by atoms with Gasteiger partial charge in [0.05, 0.1) is 5.60 Å². The quantitative estimate of drug-likeness (QED) is 0.839. The van der Waals surface area contributed by atoms with E-state index in [1.165, 1.54) is 18.2 Å². The Kier molecular flexibility index (Phi) is 3.48. The van der Waals surface area contributed by atoms with Crippen LogP contribution in [0.25, 0.3) is 0 Å². The fourth-order valence-corrected chi connectivity index (χ4v) is 2.82. The third-order valence-corrected chi connectivity index (χ3v) is 3.64. The Bertz CT molecular complexity index is 385. The minimum atomic E-state index is -0.944. The summed E-state index contributed by atoms with van der Waals surface area (Å²) in [6, 6.07) is 3.84. The van der Waals surface area contributed by atoms with E-state index in [4.69, 9.17) is 0 Å². The maximum Gasteiger partial charge on any atom is 0.129 e. The summed E-state index contributed by atoms with van der Waals surface area (Å²) in [6.45, 7) is 2.07. The molecule has 0 bridgehead atoms. The van der Waals surface area contributed by atoms with Gasteiger partial charge in [-0.3, -0.25) is 0 Å². The molecule has 17 heavy (non-hydrogen) atoms. The smallest absolute Gasteiger partial charge is 0.129 e. The van der Waals surface area contributed by atoms with Crippen LogP contribution in [-0.2, 0) is 6.42 Å². The summed E-state index contributed by atoms with van der Waals surface area (Å²) in [7, 11) is 0. The van der Waals surface area contributed by atoms with E-state index in [2.05, 4.69) is 6.92 Å². The molecule has 1 aliphatic carbocycles. The lowest BCUT2D eigenvalue weighted by Gasteiger charge is -2.35. The zero-order valence-corrected chi connectivity index (χ0v) is 10.0. The van der Waals surface area contributed by atoms with Crippen molar-refractivity contribution in [1.82, 2.24) is 0 Å². The van der Waals surface area contributed by atoms with E-state index in [1.54, 1.807) is 0 Å². The maximum absolute atomic E-state index is 13.5. The third kappa shape index (κ3) is 2.83. The molecule has 1 nitrogen and oxygen atoms in total. The summed E-state index contributed by atoms with van der Waals surface area (Å²) >= 11 is 0. The molecule has 0 heterocycles. The van der Waals surface area contributed by atoms with Gasteiger partial charge in [-0.1, -0.05) is 25.8 Å². The Balaban J connectivity index is 2.19. The van der Waals surface area contributed by atoms with Crippen LogP contribution < -0.4 is 0 Å². The predicted molar refractivity (Wildman–Crippen MR) is 62.6 cm³/mol. The highest BCUT2D eigenvalue weighted by Crippen LogP contribution is 2.35. The monoisotopic (exact) mass is 240 g/mol. The Labute approximate surface area is 100 Å². The molecule has 0 saturated heterocycles. The van der Waals surface area contributed by atoms with Crippen molar-refractivity contribution >= 4 is 0 Å². The topological polar surface area (TPSA) is 20.2 Å². The van der Waals surface area contributed by atoms with Crippen molar-refractivity contribution in [3.8, 4) is 0 Å². The SMILES string of the molecule is CC1CCCC(O)(Cc2c(F)cccc2F)C1. The van der Waals surface area contributed by atoms with Crippen LogP contribution >= 0.6 is 0 Å². The number of halogens is 2. The lowest BCUT2D eigenvalue weighted by Crippen LogP contribution is -2.37. The second-order valence-electron chi connectivity index (χ2n) is 5.30. The Morgan fingerprint density at radius 1 is 1.35 bits per heavy atom. The van der Waals surface area contributed by atoms with Crippen LogP contribution in [0.3, 0.4) is 0 Å². The van der Waals surface area contributed by atoms with Crippen molar-refractivity contribution in [3.05, 3.63) is 35.4 Å². The van der Waals surface area contributed by atoms with Crippen molar-refractivity contribution in [1.29, 1.82) is 0 Å². The van der Waals surface area contributed by atoms with Gasteiger partial charge in [0.1, 0.15) is 11.6 Å².